The van der Waals surface area contributed by atoms with Gasteiger partial charge >= 0.3 is 5.97 Å². The molecular weight excluding hydrogens is 270 g/mol. The lowest BCUT2D eigenvalue weighted by molar-refractivity contribution is -0.136. The van der Waals surface area contributed by atoms with Crippen LogP contribution in [0.2, 0.25) is 0 Å². The molecule has 1 aromatic carbocycles. The van der Waals surface area contributed by atoms with Crippen LogP contribution in [0.1, 0.15) is 18.4 Å². The third-order valence-corrected chi connectivity index (χ3v) is 4.63. The molecule has 2 rings (SSSR count). The quantitative estimate of drug-likeness (QED) is 0.852. The van der Waals surface area contributed by atoms with E-state index in [0.29, 0.717) is 18.5 Å². The van der Waals surface area contributed by atoms with Crippen molar-refractivity contribution in [3.05, 3.63) is 23.8 Å². The lowest BCUT2D eigenvalue weighted by Gasteiger charge is -2.17. The molecule has 0 bridgehead atoms. The Labute approximate surface area is 110 Å². The number of carboxylic acid groups (broad SMARTS) is 1. The topological polar surface area (TPSA) is 101 Å². The number of hydrogen-bond donors (Lipinski definition) is 2. The van der Waals surface area contributed by atoms with Crippen LogP contribution in [0, 0.1) is 0 Å². The number of aliphatic carboxylic acids is 1. The molecule has 0 unspecified atom stereocenters. The Morgan fingerprint density at radius 2 is 2.05 bits per heavy atom. The number of carbonyl (C=O) groups excluding carboxylic acids is 1. The summed E-state index contributed by atoms with van der Waals surface area (Å²) in [5.41, 5.74) is 1.38. The van der Waals surface area contributed by atoms with E-state index >= 15 is 0 Å². The highest BCUT2D eigenvalue weighted by atomic mass is 32.2. The molecule has 19 heavy (non-hydrogen) atoms. The van der Waals surface area contributed by atoms with Crippen molar-refractivity contribution in [1.82, 2.24) is 0 Å². The summed E-state index contributed by atoms with van der Waals surface area (Å²) >= 11 is 0. The van der Waals surface area contributed by atoms with Crippen molar-refractivity contribution >= 4 is 27.4 Å². The predicted molar refractivity (Wildman–Crippen MR) is 67.7 cm³/mol. The van der Waals surface area contributed by atoms with E-state index in [0.717, 1.165) is 5.56 Å². The lowest BCUT2D eigenvalue weighted by Crippen LogP contribution is -2.19. The van der Waals surface area contributed by atoms with Crippen LogP contribution in [0.4, 0.5) is 5.69 Å². The zero-order valence-electron chi connectivity index (χ0n) is 10.0. The van der Waals surface area contributed by atoms with E-state index in [1.165, 1.54) is 12.1 Å². The van der Waals surface area contributed by atoms with Crippen molar-refractivity contribution in [2.75, 3.05) is 11.1 Å². The first-order chi connectivity index (χ1) is 8.88. The number of rotatable bonds is 4. The van der Waals surface area contributed by atoms with Gasteiger partial charge in [-0.1, -0.05) is 0 Å². The maximum Gasteiger partial charge on any atom is 0.304 e. The molecule has 6 nitrogen and oxygen atoms in total. The SMILES string of the molecule is O=C(O)CCS(=O)(=O)c1ccc2c(c1)CCC(=O)N2. The van der Waals surface area contributed by atoms with Crippen LogP contribution in [0.25, 0.3) is 0 Å². The van der Waals surface area contributed by atoms with Gasteiger partial charge in [0.25, 0.3) is 0 Å². The van der Waals surface area contributed by atoms with Crippen LogP contribution in [0.5, 0.6) is 0 Å². The van der Waals surface area contributed by atoms with Gasteiger partial charge in [-0.3, -0.25) is 9.59 Å². The summed E-state index contributed by atoms with van der Waals surface area (Å²) in [6.45, 7) is 0. The Morgan fingerprint density at radius 3 is 2.74 bits per heavy atom. The molecule has 0 atom stereocenters. The summed E-state index contributed by atoms with van der Waals surface area (Å²) in [7, 11) is -3.60. The number of amides is 1. The summed E-state index contributed by atoms with van der Waals surface area (Å²) in [6.07, 6.45) is 0.394. The van der Waals surface area contributed by atoms with E-state index in [1.807, 2.05) is 0 Å². The third-order valence-electron chi connectivity index (χ3n) is 2.92. The van der Waals surface area contributed by atoms with Crippen molar-refractivity contribution < 1.29 is 23.1 Å². The zero-order valence-corrected chi connectivity index (χ0v) is 10.9. The normalized spacial score (nSPS) is 14.6. The second kappa shape index (κ2) is 5.00. The van der Waals surface area contributed by atoms with Gasteiger partial charge in [-0.2, -0.15) is 0 Å². The molecule has 0 saturated carbocycles. The van der Waals surface area contributed by atoms with E-state index in [-0.39, 0.29) is 10.8 Å². The number of aryl methyl sites for hydroxylation is 1. The Kier molecular flexibility index (Phi) is 3.57. The Hall–Kier alpha value is -1.89. The molecule has 0 spiro atoms. The zero-order chi connectivity index (χ0) is 14.0. The number of hydrogen-bond acceptors (Lipinski definition) is 4. The molecule has 0 aromatic heterocycles. The van der Waals surface area contributed by atoms with Gasteiger partial charge < -0.3 is 10.4 Å². The van der Waals surface area contributed by atoms with Crippen LogP contribution < -0.4 is 5.32 Å². The molecule has 0 fully saturated rings. The average Bonchev–Trinajstić information content (AvgIpc) is 2.36. The number of benzene rings is 1. The third kappa shape index (κ3) is 3.11. The minimum absolute atomic E-state index is 0.0889. The van der Waals surface area contributed by atoms with Gasteiger partial charge in [0.15, 0.2) is 9.84 Å². The highest BCUT2D eigenvalue weighted by Gasteiger charge is 2.20. The van der Waals surface area contributed by atoms with Crippen molar-refractivity contribution in [2.45, 2.75) is 24.2 Å². The van der Waals surface area contributed by atoms with E-state index in [2.05, 4.69) is 5.32 Å². The minimum Gasteiger partial charge on any atom is -0.481 e. The second-order valence-electron chi connectivity index (χ2n) is 4.33. The fourth-order valence-electron chi connectivity index (χ4n) is 1.89. The molecule has 1 amide bonds. The molecule has 1 aromatic rings. The fourth-order valence-corrected chi connectivity index (χ4v) is 3.17. The highest BCUT2D eigenvalue weighted by Crippen LogP contribution is 2.26. The second-order valence-corrected chi connectivity index (χ2v) is 6.44. The number of anilines is 1. The van der Waals surface area contributed by atoms with Crippen LogP contribution in [-0.2, 0) is 25.8 Å². The van der Waals surface area contributed by atoms with Crippen molar-refractivity contribution in [3.63, 3.8) is 0 Å². The van der Waals surface area contributed by atoms with Gasteiger partial charge in [-0.05, 0) is 30.2 Å². The Bertz CT molecular complexity index is 636. The van der Waals surface area contributed by atoms with Crippen LogP contribution in [0.15, 0.2) is 23.1 Å². The van der Waals surface area contributed by atoms with Gasteiger partial charge in [-0.15, -0.1) is 0 Å². The van der Waals surface area contributed by atoms with Gasteiger partial charge in [0, 0.05) is 12.1 Å². The molecule has 0 saturated heterocycles. The van der Waals surface area contributed by atoms with Gasteiger partial charge in [0.2, 0.25) is 5.91 Å². The van der Waals surface area contributed by atoms with E-state index in [1.54, 1.807) is 6.07 Å². The molecule has 102 valence electrons. The minimum atomic E-state index is -3.60. The lowest BCUT2D eigenvalue weighted by atomic mass is 10.0. The van der Waals surface area contributed by atoms with Crippen molar-refractivity contribution in [2.24, 2.45) is 0 Å². The van der Waals surface area contributed by atoms with E-state index in [9.17, 15) is 18.0 Å². The molecule has 1 heterocycles. The number of fused-ring (bicyclic) bond motifs is 1. The average molecular weight is 283 g/mol. The molecule has 7 heteroatoms. The van der Waals surface area contributed by atoms with Gasteiger partial charge in [0.1, 0.15) is 0 Å². The number of sulfone groups is 1. The van der Waals surface area contributed by atoms with Crippen molar-refractivity contribution in [1.29, 1.82) is 0 Å². The predicted octanol–water partition coefficient (Wildman–Crippen LogP) is 0.820. The molecule has 0 aliphatic carbocycles. The Morgan fingerprint density at radius 1 is 1.32 bits per heavy atom. The maximum atomic E-state index is 11.9. The largest absolute Gasteiger partial charge is 0.481 e. The van der Waals surface area contributed by atoms with Gasteiger partial charge in [-0.25, -0.2) is 8.42 Å². The molecular formula is C12H13NO5S. The maximum absolute atomic E-state index is 11.9. The summed E-state index contributed by atoms with van der Waals surface area (Å²) in [4.78, 5) is 21.7. The molecule has 2 N–H and O–H groups in total. The first-order valence-corrected chi connectivity index (χ1v) is 7.41. The molecule has 1 aliphatic rings. The summed E-state index contributed by atoms with van der Waals surface area (Å²) < 4.78 is 23.9. The van der Waals surface area contributed by atoms with Crippen LogP contribution in [-0.4, -0.2) is 31.2 Å². The summed E-state index contributed by atoms with van der Waals surface area (Å²) in [5.74, 6) is -1.66. The summed E-state index contributed by atoms with van der Waals surface area (Å²) in [5, 5.41) is 11.2. The number of nitrogens with one attached hydrogen (secondary N) is 1. The first kappa shape index (κ1) is 13.5. The smallest absolute Gasteiger partial charge is 0.304 e. The van der Waals surface area contributed by atoms with Crippen molar-refractivity contribution in [3.8, 4) is 0 Å². The Balaban J connectivity index is 2.27. The van der Waals surface area contributed by atoms with Crippen LogP contribution in [0.3, 0.4) is 0 Å². The monoisotopic (exact) mass is 283 g/mol. The summed E-state index contributed by atoms with van der Waals surface area (Å²) in [6, 6.07) is 4.44. The highest BCUT2D eigenvalue weighted by molar-refractivity contribution is 7.91. The molecule has 1 aliphatic heterocycles. The fraction of sp³-hybridized carbons (Fsp3) is 0.333. The first-order valence-electron chi connectivity index (χ1n) is 5.76. The number of carboxylic acids is 1. The van der Waals surface area contributed by atoms with Crippen LogP contribution >= 0.6 is 0 Å². The molecule has 0 radical (unpaired) electrons. The van der Waals surface area contributed by atoms with Gasteiger partial charge in [0.05, 0.1) is 17.1 Å². The van der Waals surface area contributed by atoms with E-state index in [4.69, 9.17) is 5.11 Å². The standard InChI is InChI=1S/C12H13NO5S/c14-11-4-1-8-7-9(2-3-10(8)13-11)19(17,18)6-5-12(15)16/h2-3,7H,1,4-6H2,(H,13,14)(H,15,16). The number of carbonyl (C=O) groups is 2. The van der Waals surface area contributed by atoms with E-state index < -0.39 is 28.0 Å².